The van der Waals surface area contributed by atoms with E-state index in [-0.39, 0.29) is 24.0 Å². The van der Waals surface area contributed by atoms with Gasteiger partial charge in [-0.2, -0.15) is 0 Å². The monoisotopic (exact) mass is 428 g/mol. The van der Waals surface area contributed by atoms with E-state index in [0.717, 1.165) is 38.3 Å². The SMILES string of the molecule is CCNC(=NCCc1ccc(N(C)C)cc1)NC1CC=CC1.I. The highest BCUT2D eigenvalue weighted by atomic mass is 127. The number of benzene rings is 1. The van der Waals surface area contributed by atoms with E-state index in [0.29, 0.717) is 6.04 Å². The average Bonchev–Trinajstić information content (AvgIpc) is 3.01. The molecule has 0 fully saturated rings. The van der Waals surface area contributed by atoms with Gasteiger partial charge in [0.1, 0.15) is 0 Å². The largest absolute Gasteiger partial charge is 0.378 e. The van der Waals surface area contributed by atoms with Crippen LogP contribution in [0.2, 0.25) is 0 Å². The molecule has 0 aliphatic heterocycles. The van der Waals surface area contributed by atoms with Gasteiger partial charge in [-0.3, -0.25) is 4.99 Å². The maximum absolute atomic E-state index is 4.69. The third-order valence-corrected chi connectivity index (χ3v) is 3.82. The molecule has 1 aromatic rings. The Hall–Kier alpha value is -1.24. The topological polar surface area (TPSA) is 39.7 Å². The summed E-state index contributed by atoms with van der Waals surface area (Å²) in [4.78, 5) is 6.80. The first-order valence-electron chi connectivity index (χ1n) is 8.15. The lowest BCUT2D eigenvalue weighted by atomic mass is 10.1. The van der Waals surface area contributed by atoms with Crippen molar-refractivity contribution in [3.63, 3.8) is 0 Å². The summed E-state index contributed by atoms with van der Waals surface area (Å²) in [6.45, 7) is 3.80. The summed E-state index contributed by atoms with van der Waals surface area (Å²) >= 11 is 0. The molecule has 128 valence electrons. The van der Waals surface area contributed by atoms with Crippen molar-refractivity contribution in [2.24, 2.45) is 4.99 Å². The van der Waals surface area contributed by atoms with Crippen molar-refractivity contribution >= 4 is 35.6 Å². The van der Waals surface area contributed by atoms with Gasteiger partial charge in [-0.15, -0.1) is 24.0 Å². The van der Waals surface area contributed by atoms with Crippen molar-refractivity contribution in [1.29, 1.82) is 0 Å². The summed E-state index contributed by atoms with van der Waals surface area (Å²) in [7, 11) is 4.12. The molecule has 2 N–H and O–H groups in total. The van der Waals surface area contributed by atoms with Gasteiger partial charge in [-0.25, -0.2) is 0 Å². The van der Waals surface area contributed by atoms with Crippen LogP contribution in [0.4, 0.5) is 5.69 Å². The third-order valence-electron chi connectivity index (χ3n) is 3.82. The van der Waals surface area contributed by atoms with Crippen LogP contribution in [0.3, 0.4) is 0 Å². The van der Waals surface area contributed by atoms with Gasteiger partial charge in [0, 0.05) is 38.9 Å². The van der Waals surface area contributed by atoms with Gasteiger partial charge in [0.05, 0.1) is 0 Å². The second-order valence-corrected chi connectivity index (χ2v) is 5.86. The number of rotatable bonds is 6. The number of halogens is 1. The van der Waals surface area contributed by atoms with E-state index in [4.69, 9.17) is 0 Å². The summed E-state index contributed by atoms with van der Waals surface area (Å²) in [5.41, 5.74) is 2.56. The Balaban J connectivity index is 0.00000264. The molecule has 4 nitrogen and oxygen atoms in total. The van der Waals surface area contributed by atoms with E-state index >= 15 is 0 Å². The van der Waals surface area contributed by atoms with Crippen LogP contribution in [0, 0.1) is 0 Å². The molecule has 1 aliphatic carbocycles. The van der Waals surface area contributed by atoms with Gasteiger partial charge >= 0.3 is 0 Å². The molecule has 0 saturated heterocycles. The number of nitrogens with one attached hydrogen (secondary N) is 2. The first-order valence-corrected chi connectivity index (χ1v) is 8.15. The number of guanidine groups is 1. The second kappa shape index (κ2) is 10.5. The quantitative estimate of drug-likeness (QED) is 0.317. The minimum Gasteiger partial charge on any atom is -0.378 e. The van der Waals surface area contributed by atoms with Crippen LogP contribution in [-0.4, -0.2) is 39.2 Å². The Labute approximate surface area is 157 Å². The molecule has 23 heavy (non-hydrogen) atoms. The third kappa shape index (κ3) is 6.81. The Kier molecular flexibility index (Phi) is 9.06. The molecule has 1 aliphatic rings. The predicted molar refractivity (Wildman–Crippen MR) is 111 cm³/mol. The molecule has 2 rings (SSSR count). The highest BCUT2D eigenvalue weighted by molar-refractivity contribution is 14.0. The zero-order valence-corrected chi connectivity index (χ0v) is 16.7. The molecule has 0 amide bonds. The minimum atomic E-state index is 0. The number of aliphatic imine (C=N–C) groups is 1. The maximum atomic E-state index is 4.69. The highest BCUT2D eigenvalue weighted by Crippen LogP contribution is 2.12. The van der Waals surface area contributed by atoms with E-state index in [2.05, 4.69) is 78.0 Å². The van der Waals surface area contributed by atoms with Gasteiger partial charge in [0.25, 0.3) is 0 Å². The van der Waals surface area contributed by atoms with E-state index in [1.54, 1.807) is 0 Å². The fourth-order valence-corrected chi connectivity index (χ4v) is 2.51. The Morgan fingerprint density at radius 2 is 1.83 bits per heavy atom. The lowest BCUT2D eigenvalue weighted by Crippen LogP contribution is -2.42. The predicted octanol–water partition coefficient (Wildman–Crippen LogP) is 3.19. The fourth-order valence-electron chi connectivity index (χ4n) is 2.51. The Bertz CT molecular complexity index is 500. The van der Waals surface area contributed by atoms with E-state index in [1.165, 1.54) is 11.3 Å². The first kappa shape index (κ1) is 19.8. The van der Waals surface area contributed by atoms with Crippen molar-refractivity contribution in [3.8, 4) is 0 Å². The molecule has 0 aromatic heterocycles. The van der Waals surface area contributed by atoms with Crippen molar-refractivity contribution in [2.45, 2.75) is 32.2 Å². The van der Waals surface area contributed by atoms with Gasteiger partial charge in [0.15, 0.2) is 5.96 Å². The van der Waals surface area contributed by atoms with Gasteiger partial charge in [0.2, 0.25) is 0 Å². The van der Waals surface area contributed by atoms with Crippen molar-refractivity contribution < 1.29 is 0 Å². The number of hydrogen-bond donors (Lipinski definition) is 2. The van der Waals surface area contributed by atoms with Crippen molar-refractivity contribution in [1.82, 2.24) is 10.6 Å². The molecule has 0 radical (unpaired) electrons. The average molecular weight is 428 g/mol. The van der Waals surface area contributed by atoms with Crippen molar-refractivity contribution in [3.05, 3.63) is 42.0 Å². The number of hydrogen-bond acceptors (Lipinski definition) is 2. The smallest absolute Gasteiger partial charge is 0.191 e. The molecular weight excluding hydrogens is 399 g/mol. The first-order chi connectivity index (χ1) is 10.7. The lowest BCUT2D eigenvalue weighted by Gasteiger charge is -2.16. The van der Waals surface area contributed by atoms with Crippen LogP contribution < -0.4 is 15.5 Å². The zero-order chi connectivity index (χ0) is 15.8. The minimum absolute atomic E-state index is 0. The summed E-state index contributed by atoms with van der Waals surface area (Å²) < 4.78 is 0. The Morgan fingerprint density at radius 3 is 2.39 bits per heavy atom. The fraction of sp³-hybridized carbons (Fsp3) is 0.500. The van der Waals surface area contributed by atoms with E-state index < -0.39 is 0 Å². The molecule has 0 saturated carbocycles. The van der Waals surface area contributed by atoms with Gasteiger partial charge in [-0.1, -0.05) is 24.3 Å². The van der Waals surface area contributed by atoms with Crippen LogP contribution in [0.1, 0.15) is 25.3 Å². The Morgan fingerprint density at radius 1 is 1.17 bits per heavy atom. The molecule has 0 spiro atoms. The van der Waals surface area contributed by atoms with Crippen LogP contribution in [0.25, 0.3) is 0 Å². The number of anilines is 1. The summed E-state index contributed by atoms with van der Waals surface area (Å²) in [5, 5.41) is 6.82. The van der Waals surface area contributed by atoms with Crippen molar-refractivity contribution in [2.75, 3.05) is 32.1 Å². The normalized spacial score (nSPS) is 14.5. The highest BCUT2D eigenvalue weighted by Gasteiger charge is 2.11. The van der Waals surface area contributed by atoms with E-state index in [1.807, 2.05) is 0 Å². The number of nitrogens with zero attached hydrogens (tertiary/aromatic N) is 2. The lowest BCUT2D eigenvalue weighted by molar-refractivity contribution is 0.633. The molecule has 0 heterocycles. The summed E-state index contributed by atoms with van der Waals surface area (Å²) in [6, 6.07) is 9.19. The van der Waals surface area contributed by atoms with Crippen LogP contribution >= 0.6 is 24.0 Å². The molecule has 0 unspecified atom stereocenters. The van der Waals surface area contributed by atoms with Gasteiger partial charge < -0.3 is 15.5 Å². The second-order valence-electron chi connectivity index (χ2n) is 5.86. The summed E-state index contributed by atoms with van der Waals surface area (Å²) in [6.07, 6.45) is 7.61. The molecule has 5 heteroatoms. The van der Waals surface area contributed by atoms with Gasteiger partial charge in [-0.05, 0) is 43.9 Å². The van der Waals surface area contributed by atoms with Crippen LogP contribution in [0.15, 0.2) is 41.4 Å². The summed E-state index contributed by atoms with van der Waals surface area (Å²) in [5.74, 6) is 0.932. The van der Waals surface area contributed by atoms with Crippen LogP contribution in [0.5, 0.6) is 0 Å². The standard InChI is InChI=1S/C18H28N4.HI/c1-4-19-18(21-16-7-5-6-8-16)20-14-13-15-9-11-17(12-10-15)22(2)3;/h5-6,9-12,16H,4,7-8,13-14H2,1-3H3,(H2,19,20,21);1H. The maximum Gasteiger partial charge on any atom is 0.191 e. The van der Waals surface area contributed by atoms with E-state index in [9.17, 15) is 0 Å². The molecule has 0 atom stereocenters. The van der Waals surface area contributed by atoms with Crippen LogP contribution in [-0.2, 0) is 6.42 Å². The molecule has 1 aromatic carbocycles. The molecular formula is C18H29IN4. The molecule has 0 bridgehead atoms. The zero-order valence-electron chi connectivity index (χ0n) is 14.4.